The molecule has 2 aliphatic rings. The molecule has 140 valence electrons. The van der Waals surface area contributed by atoms with Crippen molar-refractivity contribution in [3.05, 3.63) is 29.8 Å². The van der Waals surface area contributed by atoms with Crippen LogP contribution in [0.3, 0.4) is 0 Å². The first-order valence-corrected chi connectivity index (χ1v) is 9.82. The third-order valence-electron chi connectivity index (χ3n) is 6.30. The molecule has 4 nitrogen and oxygen atoms in total. The largest absolute Gasteiger partial charge is 0.396 e. The normalized spacial score (nSPS) is 26.1. The topological polar surface area (TPSA) is 35.9 Å². The zero-order valence-corrected chi connectivity index (χ0v) is 15.9. The zero-order chi connectivity index (χ0) is 17.7. The van der Waals surface area contributed by atoms with Crippen molar-refractivity contribution < 1.29 is 9.84 Å². The van der Waals surface area contributed by atoms with Crippen LogP contribution in [0.4, 0.5) is 5.69 Å². The van der Waals surface area contributed by atoms with Gasteiger partial charge in [0.2, 0.25) is 0 Å². The molecule has 1 aromatic rings. The summed E-state index contributed by atoms with van der Waals surface area (Å²) in [5, 5.41) is 10.0. The highest BCUT2D eigenvalue weighted by Gasteiger charge is 2.37. The Morgan fingerprint density at radius 3 is 2.64 bits per heavy atom. The standard InChI is InChI=1S/C21H34N2O2/c1-18-6-3-4-7-20(18)22-13-8-19(9-14-22)23-12-5-10-21(16-23,17-24)11-15-25-2/h3-4,6-7,19,24H,5,8-17H2,1-2H3. The molecule has 2 saturated heterocycles. The maximum Gasteiger partial charge on any atom is 0.0500 e. The fourth-order valence-corrected chi connectivity index (χ4v) is 4.68. The van der Waals surface area contributed by atoms with Crippen LogP contribution in [0.5, 0.6) is 0 Å². The molecule has 4 heteroatoms. The van der Waals surface area contributed by atoms with Crippen molar-refractivity contribution in [1.29, 1.82) is 0 Å². The Labute approximate surface area is 152 Å². The molecule has 1 unspecified atom stereocenters. The Hall–Kier alpha value is -1.10. The van der Waals surface area contributed by atoms with Crippen LogP contribution in [0.15, 0.2) is 24.3 Å². The van der Waals surface area contributed by atoms with Crippen molar-refractivity contribution in [2.75, 3.05) is 51.4 Å². The van der Waals surface area contributed by atoms with Gasteiger partial charge in [0.05, 0.1) is 6.61 Å². The predicted molar refractivity (Wildman–Crippen MR) is 103 cm³/mol. The summed E-state index contributed by atoms with van der Waals surface area (Å²) >= 11 is 0. The lowest BCUT2D eigenvalue weighted by atomic mass is 9.77. The minimum Gasteiger partial charge on any atom is -0.396 e. The first kappa shape index (κ1) is 18.7. The first-order chi connectivity index (χ1) is 12.2. The number of piperidine rings is 2. The number of benzene rings is 1. The monoisotopic (exact) mass is 346 g/mol. The van der Waals surface area contributed by atoms with Gasteiger partial charge in [0.15, 0.2) is 0 Å². The third kappa shape index (κ3) is 4.36. The molecule has 0 spiro atoms. The van der Waals surface area contributed by atoms with E-state index in [9.17, 15) is 5.11 Å². The fraction of sp³-hybridized carbons (Fsp3) is 0.714. The smallest absolute Gasteiger partial charge is 0.0500 e. The van der Waals surface area contributed by atoms with E-state index in [0.29, 0.717) is 6.04 Å². The fourth-order valence-electron chi connectivity index (χ4n) is 4.68. The Morgan fingerprint density at radius 1 is 1.20 bits per heavy atom. The Morgan fingerprint density at radius 2 is 1.96 bits per heavy atom. The highest BCUT2D eigenvalue weighted by Crippen LogP contribution is 2.36. The Balaban J connectivity index is 1.58. The van der Waals surface area contributed by atoms with Gasteiger partial charge < -0.3 is 14.7 Å². The maximum absolute atomic E-state index is 10.0. The van der Waals surface area contributed by atoms with Gasteiger partial charge in [0.1, 0.15) is 0 Å². The second-order valence-electron chi connectivity index (χ2n) is 7.98. The quantitative estimate of drug-likeness (QED) is 0.859. The molecule has 1 N–H and O–H groups in total. The molecular weight excluding hydrogens is 312 g/mol. The van der Waals surface area contributed by atoms with Crippen molar-refractivity contribution in [1.82, 2.24) is 4.90 Å². The number of aliphatic hydroxyl groups is 1. The number of aryl methyl sites for hydroxylation is 1. The van der Waals surface area contributed by atoms with Crippen molar-refractivity contribution in [3.63, 3.8) is 0 Å². The molecule has 0 amide bonds. The molecule has 25 heavy (non-hydrogen) atoms. The van der Waals surface area contributed by atoms with Gasteiger partial charge in [0, 0.05) is 50.5 Å². The molecule has 2 aliphatic heterocycles. The Bertz CT molecular complexity index is 542. The van der Waals surface area contributed by atoms with Gasteiger partial charge in [-0.1, -0.05) is 18.2 Å². The number of nitrogens with zero attached hydrogens (tertiary/aromatic N) is 2. The van der Waals surface area contributed by atoms with Gasteiger partial charge in [-0.3, -0.25) is 4.90 Å². The summed E-state index contributed by atoms with van der Waals surface area (Å²) in [7, 11) is 1.76. The van der Waals surface area contributed by atoms with E-state index in [-0.39, 0.29) is 12.0 Å². The van der Waals surface area contributed by atoms with E-state index >= 15 is 0 Å². The van der Waals surface area contributed by atoms with E-state index in [1.54, 1.807) is 7.11 Å². The van der Waals surface area contributed by atoms with Crippen LogP contribution in [-0.4, -0.2) is 62.6 Å². The van der Waals surface area contributed by atoms with Gasteiger partial charge in [-0.2, -0.15) is 0 Å². The van der Waals surface area contributed by atoms with Gasteiger partial charge in [-0.25, -0.2) is 0 Å². The Kier molecular flexibility index (Phi) is 6.37. The van der Waals surface area contributed by atoms with E-state index in [2.05, 4.69) is 41.0 Å². The van der Waals surface area contributed by atoms with E-state index in [0.717, 1.165) is 39.1 Å². The maximum atomic E-state index is 10.0. The lowest BCUT2D eigenvalue weighted by Crippen LogP contribution is -2.53. The summed E-state index contributed by atoms with van der Waals surface area (Å²) in [4.78, 5) is 5.20. The SMILES string of the molecule is COCCC1(CO)CCCN(C2CCN(c3ccccc3C)CC2)C1. The number of hydrogen-bond acceptors (Lipinski definition) is 4. The average molecular weight is 347 g/mol. The molecule has 0 aliphatic carbocycles. The lowest BCUT2D eigenvalue weighted by molar-refractivity contribution is -0.0118. The van der Waals surface area contributed by atoms with E-state index in [4.69, 9.17) is 4.74 Å². The zero-order valence-electron chi connectivity index (χ0n) is 15.9. The van der Waals surface area contributed by atoms with Crippen LogP contribution < -0.4 is 4.90 Å². The van der Waals surface area contributed by atoms with Crippen LogP contribution in [0.25, 0.3) is 0 Å². The summed E-state index contributed by atoms with van der Waals surface area (Å²) in [5.41, 5.74) is 2.81. The van der Waals surface area contributed by atoms with Gasteiger partial charge >= 0.3 is 0 Å². The van der Waals surface area contributed by atoms with Crippen molar-refractivity contribution >= 4 is 5.69 Å². The van der Waals surface area contributed by atoms with Gasteiger partial charge in [0.25, 0.3) is 0 Å². The predicted octanol–water partition coefficient (Wildman–Crippen LogP) is 3.07. The molecule has 0 radical (unpaired) electrons. The minimum absolute atomic E-state index is 0.0431. The number of ether oxygens (including phenoxy) is 1. The summed E-state index contributed by atoms with van der Waals surface area (Å²) < 4.78 is 5.29. The molecule has 0 saturated carbocycles. The van der Waals surface area contributed by atoms with Crippen LogP contribution in [-0.2, 0) is 4.74 Å². The molecule has 2 fully saturated rings. The highest BCUT2D eigenvalue weighted by molar-refractivity contribution is 5.53. The average Bonchev–Trinajstić information content (AvgIpc) is 2.67. The summed E-state index contributed by atoms with van der Waals surface area (Å²) in [5.74, 6) is 0. The summed E-state index contributed by atoms with van der Waals surface area (Å²) in [6.45, 7) is 7.73. The van der Waals surface area contributed by atoms with E-state index in [1.165, 1.54) is 37.1 Å². The van der Waals surface area contributed by atoms with Crippen molar-refractivity contribution in [2.24, 2.45) is 5.41 Å². The van der Waals surface area contributed by atoms with Gasteiger partial charge in [-0.05, 0) is 57.2 Å². The molecule has 1 atom stereocenters. The number of likely N-dealkylation sites (tertiary alicyclic amines) is 1. The van der Waals surface area contributed by atoms with Gasteiger partial charge in [-0.15, -0.1) is 0 Å². The number of methoxy groups -OCH3 is 1. The molecular formula is C21H34N2O2. The third-order valence-corrected chi connectivity index (χ3v) is 6.30. The summed E-state index contributed by atoms with van der Waals surface area (Å²) in [6, 6.07) is 9.38. The first-order valence-electron chi connectivity index (χ1n) is 9.82. The number of aliphatic hydroxyl groups excluding tert-OH is 1. The highest BCUT2D eigenvalue weighted by atomic mass is 16.5. The second kappa shape index (κ2) is 8.52. The second-order valence-corrected chi connectivity index (χ2v) is 7.98. The molecule has 0 bridgehead atoms. The van der Waals surface area contributed by atoms with Crippen molar-refractivity contribution in [2.45, 2.75) is 45.1 Å². The lowest BCUT2D eigenvalue weighted by Gasteiger charge is -2.47. The molecule has 0 aromatic heterocycles. The number of para-hydroxylation sites is 1. The number of rotatable bonds is 6. The number of hydrogen-bond donors (Lipinski definition) is 1. The van der Waals surface area contributed by atoms with Crippen LogP contribution in [0.2, 0.25) is 0 Å². The van der Waals surface area contributed by atoms with E-state index in [1.807, 2.05) is 0 Å². The van der Waals surface area contributed by atoms with E-state index < -0.39 is 0 Å². The van der Waals surface area contributed by atoms with Crippen LogP contribution in [0.1, 0.15) is 37.7 Å². The van der Waals surface area contributed by atoms with Crippen molar-refractivity contribution in [3.8, 4) is 0 Å². The summed E-state index contributed by atoms with van der Waals surface area (Å²) in [6.07, 6.45) is 5.74. The van der Waals surface area contributed by atoms with Crippen LogP contribution >= 0.6 is 0 Å². The van der Waals surface area contributed by atoms with Crippen LogP contribution in [0, 0.1) is 12.3 Å². The molecule has 2 heterocycles. The molecule has 1 aromatic carbocycles. The molecule has 3 rings (SSSR count). The number of anilines is 1. The minimum atomic E-state index is 0.0431.